The molecule has 0 spiro atoms. The Hall–Kier alpha value is -0.190. The average Bonchev–Trinajstić information content (AvgIpc) is 2.63. The van der Waals surface area contributed by atoms with Gasteiger partial charge < -0.3 is 5.32 Å². The van der Waals surface area contributed by atoms with Crippen LogP contribution in [-0.4, -0.2) is 22.3 Å². The smallest absolute Gasteiger partial charge is 0.0246 e. The van der Waals surface area contributed by atoms with Crippen molar-refractivity contribution in [2.75, 3.05) is 12.0 Å². The fraction of sp³-hybridized carbons (Fsp3) is 0.600. The van der Waals surface area contributed by atoms with Crippen molar-refractivity contribution in [2.24, 2.45) is 0 Å². The number of nitrogens with one attached hydrogen (secondary N) is 1. The van der Waals surface area contributed by atoms with E-state index in [4.69, 9.17) is 0 Å². The highest BCUT2D eigenvalue weighted by molar-refractivity contribution is 7.84. The van der Waals surface area contributed by atoms with Crippen LogP contribution >= 0.6 is 11.3 Å². The van der Waals surface area contributed by atoms with Crippen LogP contribution in [0.3, 0.4) is 0 Å². The van der Waals surface area contributed by atoms with Crippen LogP contribution in [0.1, 0.15) is 18.9 Å². The molecule has 0 amide bonds. The van der Waals surface area contributed by atoms with Crippen molar-refractivity contribution in [3.63, 3.8) is 0 Å². The molecule has 0 saturated carbocycles. The van der Waals surface area contributed by atoms with Crippen molar-refractivity contribution < 1.29 is 4.21 Å². The number of rotatable bonds is 6. The van der Waals surface area contributed by atoms with Gasteiger partial charge in [-0.25, -0.2) is 0 Å². The van der Waals surface area contributed by atoms with E-state index in [1.54, 1.807) is 17.6 Å². The van der Waals surface area contributed by atoms with Gasteiger partial charge in [0.2, 0.25) is 0 Å². The Morgan fingerprint density at radius 2 is 2.43 bits per heavy atom. The van der Waals surface area contributed by atoms with Crippen LogP contribution in [0, 0.1) is 0 Å². The normalized spacial score (nSPS) is 15.3. The standard InChI is InChI=1S/C10H17NOS2/c1-9(4-6-14(2)12)11-7-10-3-5-13-8-10/h3,5,8-9,11H,4,6-7H2,1-2H3. The summed E-state index contributed by atoms with van der Waals surface area (Å²) in [7, 11) is -0.664. The van der Waals surface area contributed by atoms with E-state index in [2.05, 4.69) is 29.1 Å². The maximum absolute atomic E-state index is 10.9. The molecule has 0 aliphatic carbocycles. The van der Waals surface area contributed by atoms with Gasteiger partial charge in [-0.15, -0.1) is 0 Å². The fourth-order valence-corrected chi connectivity index (χ4v) is 2.48. The summed E-state index contributed by atoms with van der Waals surface area (Å²) in [5.74, 6) is 0.789. The van der Waals surface area contributed by atoms with Gasteiger partial charge in [0.05, 0.1) is 0 Å². The van der Waals surface area contributed by atoms with Crippen molar-refractivity contribution in [2.45, 2.75) is 25.9 Å². The molecule has 0 aliphatic rings. The Balaban J connectivity index is 2.15. The number of hydrogen-bond acceptors (Lipinski definition) is 3. The quantitative estimate of drug-likeness (QED) is 0.811. The van der Waals surface area contributed by atoms with Crippen molar-refractivity contribution in [1.29, 1.82) is 0 Å². The van der Waals surface area contributed by atoms with E-state index in [0.29, 0.717) is 6.04 Å². The molecule has 1 rings (SSSR count). The lowest BCUT2D eigenvalue weighted by Gasteiger charge is -2.11. The molecule has 0 aromatic carbocycles. The van der Waals surface area contributed by atoms with Crippen LogP contribution < -0.4 is 5.32 Å². The van der Waals surface area contributed by atoms with Crippen LogP contribution in [0.4, 0.5) is 0 Å². The van der Waals surface area contributed by atoms with E-state index in [9.17, 15) is 4.21 Å². The Labute approximate surface area is 92.2 Å². The molecule has 2 atom stereocenters. The zero-order valence-electron chi connectivity index (χ0n) is 8.66. The van der Waals surface area contributed by atoms with Crippen molar-refractivity contribution in [3.05, 3.63) is 22.4 Å². The fourth-order valence-electron chi connectivity index (χ4n) is 1.13. The molecule has 0 saturated heterocycles. The Bertz CT molecular complexity index is 272. The van der Waals surface area contributed by atoms with E-state index in [0.717, 1.165) is 18.7 Å². The highest BCUT2D eigenvalue weighted by Crippen LogP contribution is 2.05. The van der Waals surface area contributed by atoms with Gasteiger partial charge in [0.25, 0.3) is 0 Å². The van der Waals surface area contributed by atoms with Crippen LogP contribution in [0.5, 0.6) is 0 Å². The van der Waals surface area contributed by atoms with E-state index in [1.807, 2.05) is 0 Å². The molecule has 0 radical (unpaired) electrons. The molecular weight excluding hydrogens is 214 g/mol. The molecule has 14 heavy (non-hydrogen) atoms. The Morgan fingerprint density at radius 3 is 3.00 bits per heavy atom. The second-order valence-corrected chi connectivity index (χ2v) is 5.81. The van der Waals surface area contributed by atoms with Crippen LogP contribution in [-0.2, 0) is 17.3 Å². The average molecular weight is 231 g/mol. The molecule has 80 valence electrons. The van der Waals surface area contributed by atoms with Gasteiger partial charge in [-0.1, -0.05) is 0 Å². The summed E-state index contributed by atoms with van der Waals surface area (Å²) in [5, 5.41) is 7.65. The lowest BCUT2D eigenvalue weighted by Crippen LogP contribution is -2.26. The summed E-state index contributed by atoms with van der Waals surface area (Å²) in [6.45, 7) is 3.06. The molecule has 2 nitrogen and oxygen atoms in total. The summed E-state index contributed by atoms with van der Waals surface area (Å²) in [6, 6.07) is 2.57. The third-order valence-electron chi connectivity index (χ3n) is 2.07. The first-order valence-electron chi connectivity index (χ1n) is 4.73. The molecule has 0 bridgehead atoms. The van der Waals surface area contributed by atoms with E-state index in [1.165, 1.54) is 5.56 Å². The predicted octanol–water partition coefficient (Wildman–Crippen LogP) is 1.99. The summed E-state index contributed by atoms with van der Waals surface area (Å²) < 4.78 is 10.9. The molecule has 2 unspecified atom stereocenters. The SMILES string of the molecule is CC(CCS(C)=O)NCc1ccsc1. The minimum absolute atomic E-state index is 0.443. The molecule has 0 aliphatic heterocycles. The van der Waals surface area contributed by atoms with Crippen LogP contribution in [0.25, 0.3) is 0 Å². The molecular formula is C10H17NOS2. The third kappa shape index (κ3) is 4.88. The van der Waals surface area contributed by atoms with Gasteiger partial charge in [-0.05, 0) is 35.7 Å². The molecule has 1 aromatic rings. The Kier molecular flexibility index (Phi) is 5.37. The zero-order chi connectivity index (χ0) is 10.4. The predicted molar refractivity (Wildman–Crippen MR) is 64.2 cm³/mol. The first-order valence-corrected chi connectivity index (χ1v) is 7.40. The minimum atomic E-state index is -0.664. The second-order valence-electron chi connectivity index (χ2n) is 3.48. The second kappa shape index (κ2) is 6.32. The van der Waals surface area contributed by atoms with Gasteiger partial charge in [0, 0.05) is 35.4 Å². The highest BCUT2D eigenvalue weighted by Gasteiger charge is 2.02. The minimum Gasteiger partial charge on any atom is -0.310 e. The first-order chi connectivity index (χ1) is 6.68. The summed E-state index contributed by atoms with van der Waals surface area (Å²) in [6.07, 6.45) is 2.73. The number of thiophene rings is 1. The third-order valence-corrected chi connectivity index (χ3v) is 3.62. The summed E-state index contributed by atoms with van der Waals surface area (Å²) >= 11 is 1.72. The zero-order valence-corrected chi connectivity index (χ0v) is 10.3. The van der Waals surface area contributed by atoms with Gasteiger partial charge in [-0.3, -0.25) is 4.21 Å². The van der Waals surface area contributed by atoms with Gasteiger partial charge in [0.15, 0.2) is 0 Å². The maximum Gasteiger partial charge on any atom is 0.0246 e. The number of hydrogen-bond donors (Lipinski definition) is 1. The highest BCUT2D eigenvalue weighted by atomic mass is 32.2. The van der Waals surface area contributed by atoms with Crippen molar-refractivity contribution >= 4 is 22.1 Å². The molecule has 4 heteroatoms. The van der Waals surface area contributed by atoms with Crippen molar-refractivity contribution in [3.8, 4) is 0 Å². The lowest BCUT2D eigenvalue weighted by molar-refractivity contribution is 0.535. The van der Waals surface area contributed by atoms with Gasteiger partial charge >= 0.3 is 0 Å². The molecule has 1 aromatic heterocycles. The maximum atomic E-state index is 10.9. The van der Waals surface area contributed by atoms with Gasteiger partial charge in [-0.2, -0.15) is 11.3 Å². The van der Waals surface area contributed by atoms with Gasteiger partial charge in [0.1, 0.15) is 0 Å². The first kappa shape index (κ1) is 11.9. The van der Waals surface area contributed by atoms with E-state index < -0.39 is 10.8 Å². The molecule has 0 fully saturated rings. The largest absolute Gasteiger partial charge is 0.310 e. The topological polar surface area (TPSA) is 29.1 Å². The molecule has 1 N–H and O–H groups in total. The van der Waals surface area contributed by atoms with E-state index >= 15 is 0 Å². The lowest BCUT2D eigenvalue weighted by atomic mass is 10.2. The molecule has 1 heterocycles. The van der Waals surface area contributed by atoms with E-state index in [-0.39, 0.29) is 0 Å². The monoisotopic (exact) mass is 231 g/mol. The van der Waals surface area contributed by atoms with Crippen LogP contribution in [0.15, 0.2) is 16.8 Å². The summed E-state index contributed by atoms with van der Waals surface area (Å²) in [4.78, 5) is 0. The summed E-state index contributed by atoms with van der Waals surface area (Å²) in [5.41, 5.74) is 1.33. The Morgan fingerprint density at radius 1 is 1.64 bits per heavy atom. The van der Waals surface area contributed by atoms with Crippen LogP contribution in [0.2, 0.25) is 0 Å². The van der Waals surface area contributed by atoms with Crippen molar-refractivity contribution in [1.82, 2.24) is 5.32 Å².